The zero-order chi connectivity index (χ0) is 14.1. The number of nitrogens with zero attached hydrogens (tertiary/aromatic N) is 3. The Morgan fingerprint density at radius 2 is 1.89 bits per heavy atom. The van der Waals surface area contributed by atoms with Gasteiger partial charge in [-0.3, -0.25) is 0 Å². The quantitative estimate of drug-likeness (QED) is 0.521. The molecule has 1 aromatic rings. The third kappa shape index (κ3) is 5.10. The number of hydrogen-bond donors (Lipinski definition) is 1. The molecule has 0 unspecified atom stereocenters. The summed E-state index contributed by atoms with van der Waals surface area (Å²) in [6.45, 7) is 8.62. The van der Waals surface area contributed by atoms with Gasteiger partial charge in [-0.15, -0.1) is 10.2 Å². The SMILES string of the molecule is CCCn1c(CN)nnc1SCC(OCC)OCC. The lowest BCUT2D eigenvalue weighted by atomic mass is 10.4. The third-order valence-corrected chi connectivity index (χ3v) is 3.48. The molecule has 0 spiro atoms. The molecule has 110 valence electrons. The lowest BCUT2D eigenvalue weighted by Gasteiger charge is -2.16. The molecule has 0 aliphatic rings. The van der Waals surface area contributed by atoms with Crippen molar-refractivity contribution in [1.29, 1.82) is 0 Å². The van der Waals surface area contributed by atoms with Gasteiger partial charge in [-0.2, -0.15) is 0 Å². The normalized spacial score (nSPS) is 11.4. The first-order valence-corrected chi connectivity index (χ1v) is 7.73. The van der Waals surface area contributed by atoms with Gasteiger partial charge in [-0.1, -0.05) is 18.7 Å². The minimum atomic E-state index is -0.201. The maximum atomic E-state index is 5.66. The second kappa shape index (κ2) is 9.30. The van der Waals surface area contributed by atoms with Crippen molar-refractivity contribution in [3.8, 4) is 0 Å². The summed E-state index contributed by atoms with van der Waals surface area (Å²) in [5.41, 5.74) is 5.66. The topological polar surface area (TPSA) is 75.2 Å². The van der Waals surface area contributed by atoms with Crippen LogP contribution >= 0.6 is 11.8 Å². The minimum absolute atomic E-state index is 0.201. The molecule has 1 aromatic heterocycles. The van der Waals surface area contributed by atoms with Crippen molar-refractivity contribution >= 4 is 11.8 Å². The van der Waals surface area contributed by atoms with Gasteiger partial charge in [0.15, 0.2) is 11.4 Å². The van der Waals surface area contributed by atoms with E-state index in [2.05, 4.69) is 21.7 Å². The highest BCUT2D eigenvalue weighted by molar-refractivity contribution is 7.99. The molecule has 0 amide bonds. The van der Waals surface area contributed by atoms with Crippen LogP contribution in [0.2, 0.25) is 0 Å². The Bertz CT molecular complexity index is 353. The summed E-state index contributed by atoms with van der Waals surface area (Å²) < 4.78 is 13.1. The van der Waals surface area contributed by atoms with E-state index in [1.165, 1.54) is 0 Å². The standard InChI is InChI=1S/C12H24N4O2S/c1-4-7-16-10(8-13)14-15-12(16)19-9-11(17-5-2)18-6-3/h11H,4-9,13H2,1-3H3. The Kier molecular flexibility index (Phi) is 8.04. The molecule has 0 atom stereocenters. The molecule has 1 heterocycles. The second-order valence-corrected chi connectivity index (χ2v) is 4.89. The van der Waals surface area contributed by atoms with E-state index in [0.717, 1.165) is 23.9 Å². The van der Waals surface area contributed by atoms with Crippen LogP contribution in [-0.2, 0) is 22.6 Å². The zero-order valence-electron chi connectivity index (χ0n) is 12.0. The zero-order valence-corrected chi connectivity index (χ0v) is 12.8. The molecule has 0 aliphatic carbocycles. The fraction of sp³-hybridized carbons (Fsp3) is 0.833. The van der Waals surface area contributed by atoms with Crippen LogP contribution in [0.15, 0.2) is 5.16 Å². The number of hydrogen-bond acceptors (Lipinski definition) is 6. The predicted molar refractivity (Wildman–Crippen MR) is 76.0 cm³/mol. The summed E-state index contributed by atoms with van der Waals surface area (Å²) in [6, 6.07) is 0. The van der Waals surface area contributed by atoms with Crippen molar-refractivity contribution < 1.29 is 9.47 Å². The molecule has 0 aromatic carbocycles. The van der Waals surface area contributed by atoms with Gasteiger partial charge in [0, 0.05) is 19.8 Å². The molecule has 19 heavy (non-hydrogen) atoms. The lowest BCUT2D eigenvalue weighted by Crippen LogP contribution is -2.20. The molecule has 6 nitrogen and oxygen atoms in total. The summed E-state index contributed by atoms with van der Waals surface area (Å²) in [4.78, 5) is 0. The van der Waals surface area contributed by atoms with E-state index >= 15 is 0 Å². The monoisotopic (exact) mass is 288 g/mol. The Morgan fingerprint density at radius 1 is 1.21 bits per heavy atom. The van der Waals surface area contributed by atoms with Crippen molar-refractivity contribution in [1.82, 2.24) is 14.8 Å². The first kappa shape index (κ1) is 16.4. The van der Waals surface area contributed by atoms with Crippen molar-refractivity contribution in [2.75, 3.05) is 19.0 Å². The van der Waals surface area contributed by atoms with Gasteiger partial charge in [0.25, 0.3) is 0 Å². The fourth-order valence-corrected chi connectivity index (χ4v) is 2.61. The van der Waals surface area contributed by atoms with Crippen LogP contribution in [0.1, 0.15) is 33.0 Å². The van der Waals surface area contributed by atoms with E-state index < -0.39 is 0 Å². The van der Waals surface area contributed by atoms with Crippen molar-refractivity contribution in [2.45, 2.75) is 51.7 Å². The molecular formula is C12H24N4O2S. The third-order valence-electron chi connectivity index (χ3n) is 2.48. The van der Waals surface area contributed by atoms with Gasteiger partial charge >= 0.3 is 0 Å². The van der Waals surface area contributed by atoms with E-state index in [1.807, 2.05) is 13.8 Å². The van der Waals surface area contributed by atoms with Crippen molar-refractivity contribution in [3.63, 3.8) is 0 Å². The number of thioether (sulfide) groups is 1. The van der Waals surface area contributed by atoms with Crippen LogP contribution in [0.25, 0.3) is 0 Å². The maximum absolute atomic E-state index is 5.66. The molecule has 1 rings (SSSR count). The average molecular weight is 288 g/mol. The number of rotatable bonds is 10. The lowest BCUT2D eigenvalue weighted by molar-refractivity contribution is -0.120. The summed E-state index contributed by atoms with van der Waals surface area (Å²) in [5, 5.41) is 9.17. The van der Waals surface area contributed by atoms with E-state index in [4.69, 9.17) is 15.2 Å². The smallest absolute Gasteiger partial charge is 0.191 e. The Hall–Kier alpha value is -0.630. The highest BCUT2D eigenvalue weighted by Gasteiger charge is 2.14. The van der Waals surface area contributed by atoms with Gasteiger partial charge in [0.05, 0.1) is 12.3 Å². The van der Waals surface area contributed by atoms with Crippen LogP contribution in [0.4, 0.5) is 0 Å². The minimum Gasteiger partial charge on any atom is -0.352 e. The number of aromatic nitrogens is 3. The number of nitrogens with two attached hydrogens (primary N) is 1. The molecule has 7 heteroatoms. The van der Waals surface area contributed by atoms with Crippen molar-refractivity contribution in [2.24, 2.45) is 5.73 Å². The highest BCUT2D eigenvalue weighted by atomic mass is 32.2. The van der Waals surface area contributed by atoms with E-state index in [1.54, 1.807) is 11.8 Å². The maximum Gasteiger partial charge on any atom is 0.191 e. The van der Waals surface area contributed by atoms with Crippen LogP contribution in [-0.4, -0.2) is 40.0 Å². The Balaban J connectivity index is 2.62. The summed E-state index contributed by atoms with van der Waals surface area (Å²) in [6.07, 6.45) is 0.826. The first-order valence-electron chi connectivity index (χ1n) is 6.74. The molecule has 0 fully saturated rings. The molecular weight excluding hydrogens is 264 g/mol. The van der Waals surface area contributed by atoms with Crippen LogP contribution in [0, 0.1) is 0 Å². The summed E-state index contributed by atoms with van der Waals surface area (Å²) >= 11 is 1.59. The molecule has 0 saturated heterocycles. The van der Waals surface area contributed by atoms with Crippen LogP contribution < -0.4 is 5.73 Å². The molecule has 0 bridgehead atoms. The Labute approximate surface area is 119 Å². The predicted octanol–water partition coefficient (Wildman–Crippen LogP) is 1.64. The van der Waals surface area contributed by atoms with Gasteiger partial charge in [-0.25, -0.2) is 0 Å². The first-order chi connectivity index (χ1) is 9.26. The van der Waals surface area contributed by atoms with E-state index in [9.17, 15) is 0 Å². The second-order valence-electron chi connectivity index (χ2n) is 3.91. The fourth-order valence-electron chi connectivity index (χ4n) is 1.68. The number of ether oxygens (including phenoxy) is 2. The van der Waals surface area contributed by atoms with Crippen LogP contribution in [0.3, 0.4) is 0 Å². The molecule has 0 radical (unpaired) electrons. The van der Waals surface area contributed by atoms with E-state index in [-0.39, 0.29) is 6.29 Å². The summed E-state index contributed by atoms with van der Waals surface area (Å²) in [7, 11) is 0. The molecule has 0 aliphatic heterocycles. The highest BCUT2D eigenvalue weighted by Crippen LogP contribution is 2.19. The van der Waals surface area contributed by atoms with Gasteiger partial charge in [-0.05, 0) is 20.3 Å². The molecule has 2 N–H and O–H groups in total. The van der Waals surface area contributed by atoms with Crippen LogP contribution in [0.5, 0.6) is 0 Å². The van der Waals surface area contributed by atoms with Crippen molar-refractivity contribution in [3.05, 3.63) is 5.82 Å². The Morgan fingerprint density at radius 3 is 2.42 bits per heavy atom. The molecule has 0 saturated carbocycles. The average Bonchev–Trinajstić information content (AvgIpc) is 2.79. The van der Waals surface area contributed by atoms with Gasteiger partial charge in [0.2, 0.25) is 0 Å². The van der Waals surface area contributed by atoms with E-state index in [0.29, 0.717) is 25.5 Å². The van der Waals surface area contributed by atoms with Gasteiger partial charge in [0.1, 0.15) is 5.82 Å². The summed E-state index contributed by atoms with van der Waals surface area (Å²) in [5.74, 6) is 1.53. The largest absolute Gasteiger partial charge is 0.352 e. The van der Waals surface area contributed by atoms with Gasteiger partial charge < -0.3 is 19.8 Å².